The highest BCUT2D eigenvalue weighted by atomic mass is 35.5. The average Bonchev–Trinajstić information content (AvgIpc) is 2.19. The maximum atomic E-state index is 12.6. The average molecular weight is 266 g/mol. The number of anilines is 1. The molecule has 1 rings (SSSR count). The van der Waals surface area contributed by atoms with Crippen molar-refractivity contribution in [2.24, 2.45) is 0 Å². The van der Waals surface area contributed by atoms with Crippen LogP contribution in [0.5, 0.6) is 0 Å². The molecular formula is C11H11ClF3NO. The second-order valence-electron chi connectivity index (χ2n) is 3.51. The van der Waals surface area contributed by atoms with Crippen molar-refractivity contribution in [1.82, 2.24) is 0 Å². The molecule has 0 aliphatic heterocycles. The Morgan fingerprint density at radius 1 is 1.41 bits per heavy atom. The van der Waals surface area contributed by atoms with Gasteiger partial charge in [0.2, 0.25) is 5.91 Å². The summed E-state index contributed by atoms with van der Waals surface area (Å²) in [4.78, 5) is 11.2. The van der Waals surface area contributed by atoms with E-state index in [2.05, 4.69) is 5.32 Å². The number of halogens is 4. The first kappa shape index (κ1) is 13.8. The van der Waals surface area contributed by atoms with Crippen molar-refractivity contribution in [1.29, 1.82) is 0 Å². The first-order valence-electron chi connectivity index (χ1n) is 4.88. The smallest absolute Gasteiger partial charge is 0.326 e. The largest absolute Gasteiger partial charge is 0.416 e. The van der Waals surface area contributed by atoms with E-state index in [1.807, 2.05) is 0 Å². The normalized spacial score (nSPS) is 11.4. The van der Waals surface area contributed by atoms with E-state index >= 15 is 0 Å². The highest BCUT2D eigenvalue weighted by Crippen LogP contribution is 2.33. The van der Waals surface area contributed by atoms with Crippen molar-refractivity contribution in [3.63, 3.8) is 0 Å². The Morgan fingerprint density at radius 2 is 2.06 bits per heavy atom. The number of nitrogens with one attached hydrogen (secondary N) is 1. The first-order valence-corrected chi connectivity index (χ1v) is 5.41. The van der Waals surface area contributed by atoms with E-state index in [9.17, 15) is 18.0 Å². The lowest BCUT2D eigenvalue weighted by Crippen LogP contribution is -2.13. The van der Waals surface area contributed by atoms with Gasteiger partial charge in [-0.2, -0.15) is 13.2 Å². The lowest BCUT2D eigenvalue weighted by Gasteiger charge is -2.12. The topological polar surface area (TPSA) is 29.1 Å². The highest BCUT2D eigenvalue weighted by molar-refractivity contribution is 6.19. The SMILES string of the molecule is Cc1ccc(NC(=O)CCCl)cc1C(F)(F)F. The maximum Gasteiger partial charge on any atom is 0.416 e. The molecule has 1 aromatic carbocycles. The van der Waals surface area contributed by atoms with E-state index in [4.69, 9.17) is 11.6 Å². The van der Waals surface area contributed by atoms with Gasteiger partial charge in [0.25, 0.3) is 0 Å². The Morgan fingerprint density at radius 3 is 2.59 bits per heavy atom. The lowest BCUT2D eigenvalue weighted by molar-refractivity contribution is -0.138. The number of carbonyl (C=O) groups excluding carboxylic acids is 1. The summed E-state index contributed by atoms with van der Waals surface area (Å²) in [5.41, 5.74) is -0.507. The molecule has 0 aliphatic rings. The summed E-state index contributed by atoms with van der Waals surface area (Å²) >= 11 is 5.35. The highest BCUT2D eigenvalue weighted by Gasteiger charge is 2.32. The minimum atomic E-state index is -4.42. The van der Waals surface area contributed by atoms with Crippen molar-refractivity contribution in [2.45, 2.75) is 19.5 Å². The van der Waals surface area contributed by atoms with E-state index in [1.165, 1.54) is 19.1 Å². The van der Waals surface area contributed by atoms with E-state index in [1.54, 1.807) is 0 Å². The van der Waals surface area contributed by atoms with Crippen molar-refractivity contribution >= 4 is 23.2 Å². The number of hydrogen-bond donors (Lipinski definition) is 1. The van der Waals surface area contributed by atoms with Crippen molar-refractivity contribution in [3.8, 4) is 0 Å². The van der Waals surface area contributed by atoms with Crippen LogP contribution in [0.2, 0.25) is 0 Å². The Balaban J connectivity index is 2.93. The lowest BCUT2D eigenvalue weighted by atomic mass is 10.1. The zero-order valence-corrected chi connectivity index (χ0v) is 9.82. The molecule has 0 heterocycles. The minimum Gasteiger partial charge on any atom is -0.326 e. The summed E-state index contributed by atoms with van der Waals surface area (Å²) in [6, 6.07) is 3.66. The third-order valence-electron chi connectivity index (χ3n) is 2.15. The summed E-state index contributed by atoms with van der Waals surface area (Å²) in [7, 11) is 0. The monoisotopic (exact) mass is 265 g/mol. The van der Waals surface area contributed by atoms with Crippen LogP contribution in [0.15, 0.2) is 18.2 Å². The van der Waals surface area contributed by atoms with Crippen LogP contribution in [0.1, 0.15) is 17.5 Å². The molecule has 0 saturated heterocycles. The molecule has 0 aliphatic carbocycles. The molecule has 0 bridgehead atoms. The summed E-state index contributed by atoms with van der Waals surface area (Å²) < 4.78 is 37.7. The van der Waals surface area contributed by atoms with Crippen LogP contribution in [0, 0.1) is 6.92 Å². The molecule has 0 atom stereocenters. The number of alkyl halides is 4. The first-order chi connectivity index (χ1) is 7.84. The van der Waals surface area contributed by atoms with Gasteiger partial charge >= 0.3 is 6.18 Å². The van der Waals surface area contributed by atoms with Crippen LogP contribution in [0.4, 0.5) is 18.9 Å². The minimum absolute atomic E-state index is 0.0663. The van der Waals surface area contributed by atoms with E-state index in [-0.39, 0.29) is 23.6 Å². The van der Waals surface area contributed by atoms with Gasteiger partial charge in [-0.15, -0.1) is 11.6 Å². The fraction of sp³-hybridized carbons (Fsp3) is 0.364. The van der Waals surface area contributed by atoms with Gasteiger partial charge in [0, 0.05) is 18.0 Å². The summed E-state index contributed by atoms with van der Waals surface area (Å²) in [6.07, 6.45) is -4.35. The number of benzene rings is 1. The van der Waals surface area contributed by atoms with E-state index < -0.39 is 17.6 Å². The van der Waals surface area contributed by atoms with Gasteiger partial charge in [-0.25, -0.2) is 0 Å². The fourth-order valence-electron chi connectivity index (χ4n) is 1.31. The molecule has 1 amide bonds. The molecule has 0 aromatic heterocycles. The number of hydrogen-bond acceptors (Lipinski definition) is 1. The molecule has 2 nitrogen and oxygen atoms in total. The third kappa shape index (κ3) is 3.93. The summed E-state index contributed by atoms with van der Waals surface area (Å²) in [5.74, 6) is -0.277. The van der Waals surface area contributed by atoms with Gasteiger partial charge in [-0.1, -0.05) is 6.07 Å². The molecule has 0 spiro atoms. The number of rotatable bonds is 3. The van der Waals surface area contributed by atoms with Crippen LogP contribution in [-0.4, -0.2) is 11.8 Å². The summed E-state index contributed by atoms with van der Waals surface area (Å²) in [6.45, 7) is 1.37. The van der Waals surface area contributed by atoms with Crippen LogP contribution < -0.4 is 5.32 Å². The van der Waals surface area contributed by atoms with Crippen LogP contribution in [0.25, 0.3) is 0 Å². The van der Waals surface area contributed by atoms with Crippen molar-refractivity contribution in [2.75, 3.05) is 11.2 Å². The zero-order chi connectivity index (χ0) is 13.1. The standard InChI is InChI=1S/C11H11ClF3NO/c1-7-2-3-8(16-10(17)4-5-12)6-9(7)11(13,14)15/h2-3,6H,4-5H2,1H3,(H,16,17). The van der Waals surface area contributed by atoms with Crippen LogP contribution >= 0.6 is 11.6 Å². The third-order valence-corrected chi connectivity index (χ3v) is 2.34. The Labute approximate surface area is 102 Å². The van der Waals surface area contributed by atoms with Crippen molar-refractivity contribution < 1.29 is 18.0 Å². The van der Waals surface area contributed by atoms with Gasteiger partial charge < -0.3 is 5.32 Å². The fourth-order valence-corrected chi connectivity index (χ4v) is 1.49. The molecule has 0 saturated carbocycles. The maximum absolute atomic E-state index is 12.6. The van der Waals surface area contributed by atoms with Gasteiger partial charge in [0.15, 0.2) is 0 Å². The van der Waals surface area contributed by atoms with Crippen molar-refractivity contribution in [3.05, 3.63) is 29.3 Å². The predicted octanol–water partition coefficient (Wildman–Crippen LogP) is 3.58. The van der Waals surface area contributed by atoms with Gasteiger partial charge in [0.05, 0.1) is 5.56 Å². The van der Waals surface area contributed by atoms with E-state index in [0.29, 0.717) is 0 Å². The molecule has 17 heavy (non-hydrogen) atoms. The van der Waals surface area contributed by atoms with Crippen LogP contribution in [0.3, 0.4) is 0 Å². The van der Waals surface area contributed by atoms with E-state index in [0.717, 1.165) is 6.07 Å². The molecule has 0 radical (unpaired) electrons. The summed E-state index contributed by atoms with van der Waals surface area (Å²) in [5, 5.41) is 2.36. The molecule has 1 N–H and O–H groups in total. The number of amides is 1. The predicted molar refractivity (Wildman–Crippen MR) is 60.1 cm³/mol. The Kier molecular flexibility index (Phi) is 4.40. The second-order valence-corrected chi connectivity index (χ2v) is 3.89. The quantitative estimate of drug-likeness (QED) is 0.832. The second kappa shape index (κ2) is 5.40. The number of aryl methyl sites for hydroxylation is 1. The Bertz CT molecular complexity index is 418. The molecule has 94 valence electrons. The Hall–Kier alpha value is -1.23. The van der Waals surface area contributed by atoms with Gasteiger partial charge in [-0.05, 0) is 24.6 Å². The molecular weight excluding hydrogens is 255 g/mol. The molecule has 0 unspecified atom stereocenters. The van der Waals surface area contributed by atoms with Gasteiger partial charge in [0.1, 0.15) is 0 Å². The van der Waals surface area contributed by atoms with Gasteiger partial charge in [-0.3, -0.25) is 4.79 Å². The van der Waals surface area contributed by atoms with Crippen LogP contribution in [-0.2, 0) is 11.0 Å². The molecule has 6 heteroatoms. The zero-order valence-electron chi connectivity index (χ0n) is 9.07. The number of carbonyl (C=O) groups is 1. The molecule has 1 aromatic rings. The molecule has 0 fully saturated rings.